The Labute approximate surface area is 151 Å². The number of anilines is 1. The van der Waals surface area contributed by atoms with Crippen LogP contribution in [0.1, 0.15) is 10.4 Å². The maximum atomic E-state index is 13.0. The van der Waals surface area contributed by atoms with Crippen LogP contribution < -0.4 is 4.31 Å². The van der Waals surface area contributed by atoms with E-state index in [4.69, 9.17) is 11.6 Å². The molecule has 0 N–H and O–H groups in total. The first-order valence-corrected chi connectivity index (χ1v) is 9.59. The molecule has 0 radical (unpaired) electrons. The molecule has 3 aromatic rings. The highest BCUT2D eigenvalue weighted by molar-refractivity contribution is 9.10. The molecule has 0 spiro atoms. The van der Waals surface area contributed by atoms with Crippen LogP contribution >= 0.6 is 27.5 Å². The fourth-order valence-electron chi connectivity index (χ4n) is 2.87. The third kappa shape index (κ3) is 2.10. The summed E-state index contributed by atoms with van der Waals surface area (Å²) in [6.07, 6.45) is 0. The van der Waals surface area contributed by atoms with E-state index in [-0.39, 0.29) is 4.90 Å². The van der Waals surface area contributed by atoms with Gasteiger partial charge < -0.3 is 0 Å². The molecule has 120 valence electrons. The van der Waals surface area contributed by atoms with E-state index in [2.05, 4.69) is 15.9 Å². The van der Waals surface area contributed by atoms with Crippen LogP contribution in [-0.2, 0) is 10.0 Å². The average Bonchev–Trinajstić information content (AvgIpc) is 2.86. The summed E-state index contributed by atoms with van der Waals surface area (Å²) < 4.78 is 27.7. The third-order valence-electron chi connectivity index (χ3n) is 3.95. The summed E-state index contributed by atoms with van der Waals surface area (Å²) in [7, 11) is -4.02. The minimum Gasteiger partial charge on any atom is -0.268 e. The number of carbonyl (C=O) groups is 1. The van der Waals surface area contributed by atoms with Crippen LogP contribution in [0.25, 0.3) is 10.8 Å². The topological polar surface area (TPSA) is 54.5 Å². The first-order chi connectivity index (χ1) is 11.4. The van der Waals surface area contributed by atoms with Gasteiger partial charge in [0.05, 0.1) is 16.1 Å². The van der Waals surface area contributed by atoms with Crippen molar-refractivity contribution in [1.29, 1.82) is 0 Å². The van der Waals surface area contributed by atoms with Crippen molar-refractivity contribution in [3.8, 4) is 0 Å². The Morgan fingerprint density at radius 2 is 1.67 bits per heavy atom. The predicted molar refractivity (Wildman–Crippen MR) is 97.1 cm³/mol. The van der Waals surface area contributed by atoms with E-state index in [1.165, 1.54) is 24.3 Å². The van der Waals surface area contributed by atoms with Crippen LogP contribution in [0.2, 0.25) is 5.02 Å². The lowest BCUT2D eigenvalue weighted by Gasteiger charge is -2.18. The maximum Gasteiger partial charge on any atom is 0.273 e. The molecule has 1 heterocycles. The molecule has 1 aliphatic rings. The van der Waals surface area contributed by atoms with E-state index >= 15 is 0 Å². The lowest BCUT2D eigenvalue weighted by Crippen LogP contribution is -2.33. The average molecular weight is 423 g/mol. The van der Waals surface area contributed by atoms with Crippen molar-refractivity contribution in [3.05, 3.63) is 69.7 Å². The fourth-order valence-corrected chi connectivity index (χ4v) is 4.88. The Morgan fingerprint density at radius 1 is 0.958 bits per heavy atom. The quantitative estimate of drug-likeness (QED) is 0.606. The van der Waals surface area contributed by atoms with Crippen LogP contribution in [0.3, 0.4) is 0 Å². The molecule has 0 saturated heterocycles. The zero-order valence-electron chi connectivity index (χ0n) is 12.0. The van der Waals surface area contributed by atoms with Crippen LogP contribution in [-0.4, -0.2) is 14.3 Å². The second-order valence-electron chi connectivity index (χ2n) is 5.32. The minimum atomic E-state index is -4.02. The van der Waals surface area contributed by atoms with Gasteiger partial charge in [-0.25, -0.2) is 8.42 Å². The Kier molecular flexibility index (Phi) is 3.46. The number of rotatable bonds is 2. The molecule has 0 atom stereocenters. The van der Waals surface area contributed by atoms with Gasteiger partial charge in [0.2, 0.25) is 0 Å². The highest BCUT2D eigenvalue weighted by Crippen LogP contribution is 2.42. The molecule has 0 saturated carbocycles. The Bertz CT molecular complexity index is 1110. The lowest BCUT2D eigenvalue weighted by molar-refractivity contribution is 0.101. The van der Waals surface area contributed by atoms with Gasteiger partial charge in [-0.2, -0.15) is 4.31 Å². The van der Waals surface area contributed by atoms with Crippen LogP contribution in [0.4, 0.5) is 5.69 Å². The second-order valence-corrected chi connectivity index (χ2v) is 8.40. The minimum absolute atomic E-state index is 0.0177. The smallest absolute Gasteiger partial charge is 0.268 e. The van der Waals surface area contributed by atoms with Crippen molar-refractivity contribution in [1.82, 2.24) is 0 Å². The summed E-state index contributed by atoms with van der Waals surface area (Å²) in [5.74, 6) is -0.552. The molecule has 3 aromatic carbocycles. The maximum absolute atomic E-state index is 13.0. The number of hydrogen-bond donors (Lipinski definition) is 0. The Balaban J connectivity index is 1.98. The van der Waals surface area contributed by atoms with Crippen molar-refractivity contribution in [3.63, 3.8) is 0 Å². The van der Waals surface area contributed by atoms with Crippen molar-refractivity contribution >= 4 is 59.9 Å². The highest BCUT2D eigenvalue weighted by Gasteiger charge is 2.39. The second kappa shape index (κ2) is 5.31. The van der Waals surface area contributed by atoms with Crippen LogP contribution in [0.15, 0.2) is 64.0 Å². The number of hydrogen-bond acceptors (Lipinski definition) is 3. The SMILES string of the molecule is O=C1c2cccc3c(Br)ccc(c23)N1S(=O)(=O)c1ccc(Cl)cc1. The van der Waals surface area contributed by atoms with Gasteiger partial charge in [0, 0.05) is 14.9 Å². The zero-order chi connectivity index (χ0) is 17.1. The molecule has 24 heavy (non-hydrogen) atoms. The number of carbonyl (C=O) groups excluding carboxylic acids is 1. The van der Waals surface area contributed by atoms with Crippen molar-refractivity contribution in [2.45, 2.75) is 4.90 Å². The van der Waals surface area contributed by atoms with Gasteiger partial charge in [-0.1, -0.05) is 39.7 Å². The summed E-state index contributed by atoms with van der Waals surface area (Å²) in [5, 5.41) is 1.86. The van der Waals surface area contributed by atoms with E-state index in [9.17, 15) is 13.2 Å². The van der Waals surface area contributed by atoms with Gasteiger partial charge in [-0.3, -0.25) is 4.79 Å². The zero-order valence-corrected chi connectivity index (χ0v) is 15.2. The standard InChI is InChI=1S/C17H9BrClNO3S/c18-14-8-9-15-16-12(14)2-1-3-13(16)17(21)20(15)24(22,23)11-6-4-10(19)5-7-11/h1-9H. The first-order valence-electron chi connectivity index (χ1n) is 6.98. The molecule has 0 aliphatic carbocycles. The molecular formula is C17H9BrClNO3S. The summed E-state index contributed by atoms with van der Waals surface area (Å²) >= 11 is 9.27. The largest absolute Gasteiger partial charge is 0.273 e. The molecule has 1 aliphatic heterocycles. The number of nitrogens with zero attached hydrogens (tertiary/aromatic N) is 1. The molecular weight excluding hydrogens is 414 g/mol. The molecule has 0 bridgehead atoms. The van der Waals surface area contributed by atoms with Crippen LogP contribution in [0, 0.1) is 0 Å². The van der Waals surface area contributed by atoms with Gasteiger partial charge >= 0.3 is 0 Å². The highest BCUT2D eigenvalue weighted by atomic mass is 79.9. The van der Waals surface area contributed by atoms with Crippen molar-refractivity contribution in [2.24, 2.45) is 0 Å². The third-order valence-corrected chi connectivity index (χ3v) is 6.61. The number of benzene rings is 3. The van der Waals surface area contributed by atoms with E-state index in [1.807, 2.05) is 6.07 Å². The number of sulfonamides is 1. The summed E-state index contributed by atoms with van der Waals surface area (Å²) in [6.45, 7) is 0. The molecule has 0 aromatic heterocycles. The molecule has 0 fully saturated rings. The number of halogens is 2. The van der Waals surface area contributed by atoms with Crippen molar-refractivity contribution in [2.75, 3.05) is 4.31 Å². The van der Waals surface area contributed by atoms with E-state index in [0.717, 1.165) is 14.2 Å². The van der Waals surface area contributed by atoms with Gasteiger partial charge in [0.15, 0.2) is 0 Å². The molecule has 0 unspecified atom stereocenters. The lowest BCUT2D eigenvalue weighted by atomic mass is 10.1. The van der Waals surface area contributed by atoms with Crippen LogP contribution in [0.5, 0.6) is 0 Å². The van der Waals surface area contributed by atoms with E-state index in [1.54, 1.807) is 24.3 Å². The molecule has 7 heteroatoms. The van der Waals surface area contributed by atoms with Gasteiger partial charge in [0.1, 0.15) is 0 Å². The fraction of sp³-hybridized carbons (Fsp3) is 0. The summed E-state index contributed by atoms with van der Waals surface area (Å²) in [4.78, 5) is 12.8. The Hall–Kier alpha value is -1.89. The van der Waals surface area contributed by atoms with E-state index < -0.39 is 15.9 Å². The summed E-state index contributed by atoms with van der Waals surface area (Å²) in [6, 6.07) is 14.4. The first kappa shape index (κ1) is 15.6. The number of amides is 1. The monoisotopic (exact) mass is 421 g/mol. The van der Waals surface area contributed by atoms with Gasteiger partial charge in [0.25, 0.3) is 15.9 Å². The normalized spacial score (nSPS) is 13.8. The summed E-state index contributed by atoms with van der Waals surface area (Å²) in [5.41, 5.74) is 0.741. The Morgan fingerprint density at radius 3 is 2.38 bits per heavy atom. The predicted octanol–water partition coefficient (Wildman–Crippen LogP) is 4.60. The molecule has 4 rings (SSSR count). The van der Waals surface area contributed by atoms with Gasteiger partial charge in [-0.15, -0.1) is 0 Å². The van der Waals surface area contributed by atoms with Gasteiger partial charge in [-0.05, 0) is 47.9 Å². The molecule has 4 nitrogen and oxygen atoms in total. The molecule has 1 amide bonds. The van der Waals surface area contributed by atoms with E-state index in [0.29, 0.717) is 21.7 Å². The van der Waals surface area contributed by atoms with Crippen molar-refractivity contribution < 1.29 is 13.2 Å².